The number of benzene rings is 2. The highest BCUT2D eigenvalue weighted by atomic mass is 16.5. The Kier molecular flexibility index (Phi) is 5.04. The van der Waals surface area contributed by atoms with Crippen molar-refractivity contribution in [2.45, 2.75) is 13.8 Å². The second-order valence-corrected chi connectivity index (χ2v) is 6.12. The molecule has 6 heteroatoms. The Bertz CT molecular complexity index is 958. The second-order valence-electron chi connectivity index (χ2n) is 6.12. The number of rotatable bonds is 5. The van der Waals surface area contributed by atoms with Crippen molar-refractivity contribution in [3.8, 4) is 0 Å². The molecule has 0 radical (unpaired) electrons. The Morgan fingerprint density at radius 3 is 2.31 bits per heavy atom. The van der Waals surface area contributed by atoms with Crippen LogP contribution in [-0.2, 0) is 9.53 Å². The first kappa shape index (κ1) is 17.7. The number of H-pyrrole nitrogens is 1. The number of carbonyl (C=O) groups excluding carboxylic acids is 2. The summed E-state index contributed by atoms with van der Waals surface area (Å²) < 4.78 is 4.77. The van der Waals surface area contributed by atoms with E-state index >= 15 is 0 Å². The van der Waals surface area contributed by atoms with E-state index in [0.717, 1.165) is 22.2 Å². The molecule has 0 saturated heterocycles. The number of methoxy groups -OCH3 is 1. The molecule has 0 saturated carbocycles. The van der Waals surface area contributed by atoms with E-state index in [2.05, 4.69) is 15.6 Å². The Labute approximate surface area is 151 Å². The normalized spacial score (nSPS) is 10.7. The fourth-order valence-corrected chi connectivity index (χ4v) is 2.84. The molecule has 0 aliphatic heterocycles. The first-order valence-electron chi connectivity index (χ1n) is 8.27. The quantitative estimate of drug-likeness (QED) is 0.656. The van der Waals surface area contributed by atoms with E-state index in [1.165, 1.54) is 7.11 Å². The zero-order valence-electron chi connectivity index (χ0n) is 15.0. The van der Waals surface area contributed by atoms with Gasteiger partial charge in [-0.2, -0.15) is 0 Å². The van der Waals surface area contributed by atoms with Crippen LogP contribution in [0.25, 0.3) is 10.9 Å². The number of carbonyl (C=O) groups is 2. The number of aromatic amines is 1. The molecule has 1 aromatic heterocycles. The Hall–Kier alpha value is -3.12. The molecular formula is C20H21N3O3. The third-order valence-electron chi connectivity index (χ3n) is 4.29. The SMILES string of the molecule is COCC(=O)Nc1ccc(NC(=O)c2cccc3c(C)c(C)[nH]c23)cc1. The number of para-hydroxylation sites is 1. The molecule has 0 aliphatic rings. The van der Waals surface area contributed by atoms with Gasteiger partial charge >= 0.3 is 0 Å². The average molecular weight is 351 g/mol. The van der Waals surface area contributed by atoms with E-state index < -0.39 is 0 Å². The van der Waals surface area contributed by atoms with Crippen LogP contribution < -0.4 is 10.6 Å². The van der Waals surface area contributed by atoms with Gasteiger partial charge < -0.3 is 20.4 Å². The van der Waals surface area contributed by atoms with E-state index in [4.69, 9.17) is 4.74 Å². The minimum absolute atomic E-state index is 0.00251. The van der Waals surface area contributed by atoms with E-state index in [1.54, 1.807) is 30.3 Å². The molecule has 0 unspecified atom stereocenters. The summed E-state index contributed by atoms with van der Waals surface area (Å²) in [6.45, 7) is 4.03. The number of aryl methyl sites for hydroxylation is 2. The van der Waals surface area contributed by atoms with Crippen LogP contribution in [0.3, 0.4) is 0 Å². The molecule has 6 nitrogen and oxygen atoms in total. The third-order valence-corrected chi connectivity index (χ3v) is 4.29. The molecule has 0 aliphatic carbocycles. The maximum absolute atomic E-state index is 12.7. The van der Waals surface area contributed by atoms with Gasteiger partial charge in [-0.05, 0) is 49.7 Å². The summed E-state index contributed by atoms with van der Waals surface area (Å²) >= 11 is 0. The summed E-state index contributed by atoms with van der Waals surface area (Å²) in [5.74, 6) is -0.415. The second kappa shape index (κ2) is 7.41. The fraction of sp³-hybridized carbons (Fsp3) is 0.200. The highest BCUT2D eigenvalue weighted by Gasteiger charge is 2.14. The summed E-state index contributed by atoms with van der Waals surface area (Å²) in [6, 6.07) is 12.6. The largest absolute Gasteiger partial charge is 0.375 e. The van der Waals surface area contributed by atoms with Crippen molar-refractivity contribution in [3.63, 3.8) is 0 Å². The van der Waals surface area contributed by atoms with Crippen molar-refractivity contribution in [1.29, 1.82) is 0 Å². The highest BCUT2D eigenvalue weighted by molar-refractivity contribution is 6.12. The van der Waals surface area contributed by atoms with Gasteiger partial charge in [0.1, 0.15) is 6.61 Å². The lowest BCUT2D eigenvalue weighted by Gasteiger charge is -2.08. The van der Waals surface area contributed by atoms with E-state index in [9.17, 15) is 9.59 Å². The van der Waals surface area contributed by atoms with Crippen molar-refractivity contribution in [3.05, 3.63) is 59.3 Å². The molecule has 3 N–H and O–H groups in total. The minimum Gasteiger partial charge on any atom is -0.375 e. The molecule has 0 fully saturated rings. The van der Waals surface area contributed by atoms with Gasteiger partial charge in [0.25, 0.3) is 5.91 Å². The van der Waals surface area contributed by atoms with E-state index in [0.29, 0.717) is 16.9 Å². The van der Waals surface area contributed by atoms with Gasteiger partial charge in [0.05, 0.1) is 11.1 Å². The molecule has 0 atom stereocenters. The van der Waals surface area contributed by atoms with Crippen LogP contribution in [0, 0.1) is 13.8 Å². The zero-order valence-corrected chi connectivity index (χ0v) is 15.0. The predicted octanol–water partition coefficient (Wildman–Crippen LogP) is 3.62. The standard InChI is InChI=1S/C20H21N3O3/c1-12-13(2)21-19-16(12)5-4-6-17(19)20(25)23-15-9-7-14(8-10-15)22-18(24)11-26-3/h4-10,21H,11H2,1-3H3,(H,22,24)(H,23,25). The number of nitrogens with one attached hydrogen (secondary N) is 3. The monoisotopic (exact) mass is 351 g/mol. The van der Waals surface area contributed by atoms with Crippen molar-refractivity contribution in [2.24, 2.45) is 0 Å². The van der Waals surface area contributed by atoms with Gasteiger partial charge in [-0.3, -0.25) is 9.59 Å². The summed E-state index contributed by atoms with van der Waals surface area (Å²) in [6.07, 6.45) is 0. The van der Waals surface area contributed by atoms with Gasteiger partial charge in [-0.25, -0.2) is 0 Å². The molecule has 26 heavy (non-hydrogen) atoms. The highest BCUT2D eigenvalue weighted by Crippen LogP contribution is 2.25. The van der Waals surface area contributed by atoms with Gasteiger partial charge in [0.15, 0.2) is 0 Å². The summed E-state index contributed by atoms with van der Waals surface area (Å²) in [4.78, 5) is 27.5. The molecule has 0 spiro atoms. The zero-order chi connectivity index (χ0) is 18.7. The molecule has 3 aromatic rings. The van der Waals surface area contributed by atoms with Crippen molar-refractivity contribution >= 4 is 34.1 Å². The number of anilines is 2. The molecule has 2 aromatic carbocycles. The van der Waals surface area contributed by atoms with Crippen LogP contribution in [0.15, 0.2) is 42.5 Å². The summed E-state index contributed by atoms with van der Waals surface area (Å²) in [5, 5.41) is 6.64. The maximum Gasteiger partial charge on any atom is 0.257 e. The topological polar surface area (TPSA) is 83.2 Å². The molecule has 3 rings (SSSR count). The lowest BCUT2D eigenvalue weighted by molar-refractivity contribution is -0.119. The van der Waals surface area contributed by atoms with Crippen LogP contribution in [-0.4, -0.2) is 30.5 Å². The molecule has 2 amide bonds. The molecular weight excluding hydrogens is 330 g/mol. The predicted molar refractivity (Wildman–Crippen MR) is 103 cm³/mol. The Morgan fingerprint density at radius 2 is 1.65 bits per heavy atom. The van der Waals surface area contributed by atoms with Crippen LogP contribution in [0.5, 0.6) is 0 Å². The lowest BCUT2D eigenvalue weighted by Crippen LogP contribution is -2.17. The van der Waals surface area contributed by atoms with Crippen molar-refractivity contribution in [2.75, 3.05) is 24.4 Å². The molecule has 0 bridgehead atoms. The van der Waals surface area contributed by atoms with Gasteiger partial charge in [-0.1, -0.05) is 12.1 Å². The summed E-state index contributed by atoms with van der Waals surface area (Å²) in [7, 11) is 1.46. The van der Waals surface area contributed by atoms with Crippen LogP contribution in [0.2, 0.25) is 0 Å². The van der Waals surface area contributed by atoms with E-state index in [1.807, 2.05) is 26.0 Å². The maximum atomic E-state index is 12.7. The van der Waals surface area contributed by atoms with E-state index in [-0.39, 0.29) is 18.4 Å². The average Bonchev–Trinajstić information content (AvgIpc) is 2.91. The number of ether oxygens (including phenoxy) is 1. The van der Waals surface area contributed by atoms with Crippen LogP contribution in [0.4, 0.5) is 11.4 Å². The Morgan fingerprint density at radius 1 is 1.00 bits per heavy atom. The first-order valence-corrected chi connectivity index (χ1v) is 8.27. The van der Waals surface area contributed by atoms with Crippen molar-refractivity contribution < 1.29 is 14.3 Å². The smallest absolute Gasteiger partial charge is 0.257 e. The fourth-order valence-electron chi connectivity index (χ4n) is 2.84. The Balaban J connectivity index is 1.76. The summed E-state index contributed by atoms with van der Waals surface area (Å²) in [5.41, 5.74) is 4.92. The van der Waals surface area contributed by atoms with Gasteiger partial charge in [0, 0.05) is 29.6 Å². The number of aromatic nitrogens is 1. The number of amides is 2. The van der Waals surface area contributed by atoms with Crippen LogP contribution >= 0.6 is 0 Å². The molecule has 134 valence electrons. The number of hydrogen-bond acceptors (Lipinski definition) is 3. The third kappa shape index (κ3) is 3.60. The van der Waals surface area contributed by atoms with Gasteiger partial charge in [0.2, 0.25) is 5.91 Å². The van der Waals surface area contributed by atoms with Crippen molar-refractivity contribution in [1.82, 2.24) is 4.98 Å². The van der Waals surface area contributed by atoms with Crippen LogP contribution in [0.1, 0.15) is 21.6 Å². The number of hydrogen-bond donors (Lipinski definition) is 3. The lowest BCUT2D eigenvalue weighted by atomic mass is 10.1. The first-order chi connectivity index (χ1) is 12.5. The number of fused-ring (bicyclic) bond motifs is 1. The molecule has 1 heterocycles. The van der Waals surface area contributed by atoms with Gasteiger partial charge in [-0.15, -0.1) is 0 Å². The minimum atomic E-state index is -0.228.